The van der Waals surface area contributed by atoms with Gasteiger partial charge in [0.25, 0.3) is 0 Å². The molecule has 4 rings (SSSR count). The van der Waals surface area contributed by atoms with Gasteiger partial charge in [-0.15, -0.1) is 0 Å². The van der Waals surface area contributed by atoms with Gasteiger partial charge in [0.15, 0.2) is 5.82 Å². The standard InChI is InChI=1S/C21H17N3.ClH/c1-15-8-7-11-17(14-15)22-21-18-12-5-6-13-19(18)23-20(24-21)16-9-3-2-4-10-16;/h2-14H,1H3,(H,22,23,24);1H/p-1. The maximum Gasteiger partial charge on any atom is 0.162 e. The summed E-state index contributed by atoms with van der Waals surface area (Å²) in [5.41, 5.74) is 4.18. The van der Waals surface area contributed by atoms with Crippen LogP contribution in [0.2, 0.25) is 0 Å². The van der Waals surface area contributed by atoms with Crippen LogP contribution in [0, 0.1) is 6.92 Å². The molecule has 0 aliphatic heterocycles. The van der Waals surface area contributed by atoms with Crippen molar-refractivity contribution in [2.45, 2.75) is 6.92 Å². The maximum absolute atomic E-state index is 4.77. The molecule has 0 atom stereocenters. The first-order chi connectivity index (χ1) is 11.8. The smallest absolute Gasteiger partial charge is 0.162 e. The topological polar surface area (TPSA) is 37.8 Å². The van der Waals surface area contributed by atoms with E-state index in [1.807, 2.05) is 66.7 Å². The van der Waals surface area contributed by atoms with E-state index >= 15 is 0 Å². The molecule has 3 aromatic carbocycles. The van der Waals surface area contributed by atoms with Gasteiger partial charge in [-0.2, -0.15) is 0 Å². The minimum atomic E-state index is 0. The van der Waals surface area contributed by atoms with Crippen LogP contribution in [0.15, 0.2) is 78.9 Å². The zero-order valence-electron chi connectivity index (χ0n) is 13.8. The second-order valence-corrected chi connectivity index (χ2v) is 5.77. The molecule has 0 spiro atoms. The van der Waals surface area contributed by atoms with Crippen LogP contribution in [0.1, 0.15) is 5.56 Å². The second kappa shape index (κ2) is 7.32. The van der Waals surface area contributed by atoms with E-state index in [2.05, 4.69) is 24.4 Å². The van der Waals surface area contributed by atoms with Gasteiger partial charge in [0.05, 0.1) is 5.52 Å². The monoisotopic (exact) mass is 346 g/mol. The third-order valence-corrected chi connectivity index (χ3v) is 3.92. The summed E-state index contributed by atoms with van der Waals surface area (Å²) in [4.78, 5) is 9.49. The third kappa shape index (κ3) is 3.62. The van der Waals surface area contributed by atoms with Crippen molar-refractivity contribution >= 4 is 22.4 Å². The molecule has 1 N–H and O–H groups in total. The van der Waals surface area contributed by atoms with E-state index < -0.39 is 0 Å². The van der Waals surface area contributed by atoms with Gasteiger partial charge in [0.1, 0.15) is 5.82 Å². The fraction of sp³-hybridized carbons (Fsp3) is 0.0476. The largest absolute Gasteiger partial charge is 1.00 e. The summed E-state index contributed by atoms with van der Waals surface area (Å²) in [6.45, 7) is 2.08. The van der Waals surface area contributed by atoms with E-state index in [4.69, 9.17) is 9.97 Å². The Labute approximate surface area is 153 Å². The van der Waals surface area contributed by atoms with E-state index in [1.54, 1.807) is 0 Å². The average Bonchev–Trinajstić information content (AvgIpc) is 2.62. The van der Waals surface area contributed by atoms with Crippen LogP contribution in [0.5, 0.6) is 0 Å². The van der Waals surface area contributed by atoms with E-state index in [1.165, 1.54) is 5.56 Å². The van der Waals surface area contributed by atoms with Crippen molar-refractivity contribution in [1.29, 1.82) is 0 Å². The lowest BCUT2D eigenvalue weighted by Crippen LogP contribution is -3.00. The molecule has 1 heterocycles. The number of hydrogen-bond acceptors (Lipinski definition) is 3. The number of aromatic nitrogens is 2. The van der Waals surface area contributed by atoms with Crippen LogP contribution in [-0.2, 0) is 0 Å². The lowest BCUT2D eigenvalue weighted by atomic mass is 10.1. The lowest BCUT2D eigenvalue weighted by Gasteiger charge is -2.11. The molecule has 4 heteroatoms. The number of benzene rings is 3. The average molecular weight is 347 g/mol. The highest BCUT2D eigenvalue weighted by Crippen LogP contribution is 2.27. The summed E-state index contributed by atoms with van der Waals surface area (Å²) in [7, 11) is 0. The van der Waals surface area contributed by atoms with Gasteiger partial charge in [0, 0.05) is 16.6 Å². The zero-order valence-corrected chi connectivity index (χ0v) is 14.5. The van der Waals surface area contributed by atoms with E-state index in [0.29, 0.717) is 0 Å². The molecule has 0 bridgehead atoms. The van der Waals surface area contributed by atoms with E-state index in [9.17, 15) is 0 Å². The Morgan fingerprint density at radius 3 is 2.32 bits per heavy atom. The SMILES string of the molecule is Cc1cccc(Nc2nc(-c3ccccc3)nc3ccccc23)c1.[Cl-]. The highest BCUT2D eigenvalue weighted by molar-refractivity contribution is 5.92. The van der Waals surface area contributed by atoms with Crippen LogP contribution in [0.3, 0.4) is 0 Å². The highest BCUT2D eigenvalue weighted by Gasteiger charge is 2.09. The Balaban J connectivity index is 0.00000182. The van der Waals surface area contributed by atoms with Crippen molar-refractivity contribution in [1.82, 2.24) is 9.97 Å². The summed E-state index contributed by atoms with van der Waals surface area (Å²) >= 11 is 0. The molecule has 25 heavy (non-hydrogen) atoms. The Bertz CT molecular complexity index is 1000. The van der Waals surface area contributed by atoms with Gasteiger partial charge in [0.2, 0.25) is 0 Å². The van der Waals surface area contributed by atoms with Crippen molar-refractivity contribution in [2.24, 2.45) is 0 Å². The lowest BCUT2D eigenvalue weighted by molar-refractivity contribution is -0.00000489. The maximum atomic E-state index is 4.77. The number of hydrogen-bond donors (Lipinski definition) is 1. The van der Waals surface area contributed by atoms with Gasteiger partial charge in [-0.1, -0.05) is 54.6 Å². The Morgan fingerprint density at radius 2 is 1.52 bits per heavy atom. The normalized spacial score (nSPS) is 10.3. The van der Waals surface area contributed by atoms with Crippen LogP contribution in [0.4, 0.5) is 11.5 Å². The van der Waals surface area contributed by atoms with Gasteiger partial charge in [-0.05, 0) is 36.8 Å². The van der Waals surface area contributed by atoms with Gasteiger partial charge in [-0.3, -0.25) is 0 Å². The number of nitrogens with zero attached hydrogens (tertiary/aromatic N) is 2. The van der Waals surface area contributed by atoms with Crippen LogP contribution in [-0.4, -0.2) is 9.97 Å². The molecule has 0 fully saturated rings. The first-order valence-electron chi connectivity index (χ1n) is 7.95. The van der Waals surface area contributed by atoms with Gasteiger partial charge < -0.3 is 17.7 Å². The van der Waals surface area contributed by atoms with Crippen LogP contribution < -0.4 is 17.7 Å². The fourth-order valence-electron chi connectivity index (χ4n) is 2.75. The molecule has 1 aromatic heterocycles. The predicted octanol–water partition coefficient (Wildman–Crippen LogP) is 2.35. The molecule has 124 valence electrons. The summed E-state index contributed by atoms with van der Waals surface area (Å²) in [5.74, 6) is 1.55. The van der Waals surface area contributed by atoms with Gasteiger partial charge >= 0.3 is 0 Å². The molecule has 0 aliphatic rings. The zero-order chi connectivity index (χ0) is 16.4. The van der Waals surface area contributed by atoms with Crippen molar-refractivity contribution < 1.29 is 12.4 Å². The summed E-state index contributed by atoms with van der Waals surface area (Å²) in [6.07, 6.45) is 0. The van der Waals surface area contributed by atoms with Crippen molar-refractivity contribution in [3.8, 4) is 11.4 Å². The minimum Gasteiger partial charge on any atom is -1.00 e. The Hall–Kier alpha value is -2.91. The van der Waals surface area contributed by atoms with E-state index in [0.717, 1.165) is 33.8 Å². The Kier molecular flexibility index (Phi) is 4.96. The Morgan fingerprint density at radius 1 is 0.760 bits per heavy atom. The number of aryl methyl sites for hydroxylation is 1. The van der Waals surface area contributed by atoms with Crippen molar-refractivity contribution in [2.75, 3.05) is 5.32 Å². The van der Waals surface area contributed by atoms with Crippen LogP contribution in [0.25, 0.3) is 22.3 Å². The number of nitrogens with one attached hydrogen (secondary N) is 1. The summed E-state index contributed by atoms with van der Waals surface area (Å²) in [6, 6.07) is 26.4. The number of halogens is 1. The first kappa shape index (κ1) is 16.9. The predicted molar refractivity (Wildman–Crippen MR) is 99.4 cm³/mol. The van der Waals surface area contributed by atoms with Gasteiger partial charge in [-0.25, -0.2) is 9.97 Å². The molecule has 0 saturated carbocycles. The first-order valence-corrected chi connectivity index (χ1v) is 7.95. The summed E-state index contributed by atoms with van der Waals surface area (Å²) in [5, 5.41) is 4.46. The van der Waals surface area contributed by atoms with Crippen molar-refractivity contribution in [3.63, 3.8) is 0 Å². The number of fused-ring (bicyclic) bond motifs is 1. The quantitative estimate of drug-likeness (QED) is 0.619. The number of rotatable bonds is 3. The molecular formula is C21H17ClN3-. The number of para-hydroxylation sites is 1. The molecule has 0 unspecified atom stereocenters. The molecule has 0 amide bonds. The molecule has 0 aliphatic carbocycles. The van der Waals surface area contributed by atoms with Crippen molar-refractivity contribution in [3.05, 3.63) is 84.4 Å². The fourth-order valence-corrected chi connectivity index (χ4v) is 2.75. The molecular weight excluding hydrogens is 330 g/mol. The van der Waals surface area contributed by atoms with E-state index in [-0.39, 0.29) is 12.4 Å². The highest BCUT2D eigenvalue weighted by atomic mass is 35.5. The molecule has 3 nitrogen and oxygen atoms in total. The third-order valence-electron chi connectivity index (χ3n) is 3.92. The van der Waals surface area contributed by atoms with Crippen LogP contribution >= 0.6 is 0 Å². The molecule has 4 aromatic rings. The number of anilines is 2. The second-order valence-electron chi connectivity index (χ2n) is 5.77. The summed E-state index contributed by atoms with van der Waals surface area (Å²) < 4.78 is 0. The minimum absolute atomic E-state index is 0. The molecule has 0 radical (unpaired) electrons. The molecule has 0 saturated heterocycles.